The number of amides is 1. The van der Waals surface area contributed by atoms with Crippen molar-refractivity contribution in [1.82, 2.24) is 19.8 Å². The minimum atomic E-state index is -0.0597. The Bertz CT molecular complexity index is 1060. The van der Waals surface area contributed by atoms with E-state index in [0.29, 0.717) is 17.9 Å². The van der Waals surface area contributed by atoms with Crippen LogP contribution in [0.4, 0.5) is 5.82 Å². The second-order valence-electron chi connectivity index (χ2n) is 11.2. The Morgan fingerprint density at radius 1 is 1.06 bits per heavy atom. The maximum absolute atomic E-state index is 14.1. The Morgan fingerprint density at radius 2 is 1.83 bits per heavy atom. The fraction of sp³-hybridized carbons (Fsp3) is 0.621. The second kappa shape index (κ2) is 9.62. The predicted molar refractivity (Wildman–Crippen MR) is 137 cm³/mol. The van der Waals surface area contributed by atoms with Gasteiger partial charge < -0.3 is 4.90 Å². The number of quaternary nitrogens is 1. The third kappa shape index (κ3) is 4.40. The normalized spacial score (nSPS) is 26.2. The zero-order chi connectivity index (χ0) is 23.9. The van der Waals surface area contributed by atoms with E-state index in [1.807, 2.05) is 0 Å². The first-order chi connectivity index (χ1) is 17.1. The van der Waals surface area contributed by atoms with Gasteiger partial charge in [-0.25, -0.2) is 4.98 Å². The molecule has 6 nitrogen and oxygen atoms in total. The number of likely N-dealkylation sites (N-methyl/N-ethyl adjacent to an activating group) is 1. The molecule has 4 aliphatic rings. The monoisotopic (exact) mass is 474 g/mol. The van der Waals surface area contributed by atoms with Crippen molar-refractivity contribution in [3.05, 3.63) is 53.0 Å². The van der Waals surface area contributed by atoms with E-state index in [-0.39, 0.29) is 5.92 Å². The number of nitrogens with one attached hydrogen (secondary N) is 1. The summed E-state index contributed by atoms with van der Waals surface area (Å²) in [5.41, 5.74) is 5.27. The van der Waals surface area contributed by atoms with E-state index in [0.717, 1.165) is 58.0 Å². The summed E-state index contributed by atoms with van der Waals surface area (Å²) in [5, 5.41) is 0. The van der Waals surface area contributed by atoms with E-state index >= 15 is 0 Å². The lowest BCUT2D eigenvalue weighted by Gasteiger charge is -2.37. The number of carbonyl (C=O) groups excluding carboxylic acids is 1. The van der Waals surface area contributed by atoms with E-state index in [1.54, 1.807) is 6.33 Å². The molecule has 3 heterocycles. The average Bonchev–Trinajstić information content (AvgIpc) is 3.53. The van der Waals surface area contributed by atoms with Crippen LogP contribution in [0.3, 0.4) is 0 Å². The summed E-state index contributed by atoms with van der Waals surface area (Å²) in [4.78, 5) is 29.5. The van der Waals surface area contributed by atoms with Crippen molar-refractivity contribution in [3.8, 4) is 0 Å². The van der Waals surface area contributed by atoms with Gasteiger partial charge in [0.15, 0.2) is 0 Å². The minimum absolute atomic E-state index is 0.0597. The lowest BCUT2D eigenvalue weighted by molar-refractivity contribution is -0.840. The maximum atomic E-state index is 14.1. The first-order valence-corrected chi connectivity index (χ1v) is 14.0. The lowest BCUT2D eigenvalue weighted by Crippen LogP contribution is -3.11. The molecule has 1 saturated carbocycles. The Morgan fingerprint density at radius 3 is 2.54 bits per heavy atom. The van der Waals surface area contributed by atoms with Gasteiger partial charge in [-0.3, -0.25) is 14.6 Å². The van der Waals surface area contributed by atoms with Crippen molar-refractivity contribution >= 4 is 11.7 Å². The number of rotatable bonds is 6. The molecule has 3 fully saturated rings. The van der Waals surface area contributed by atoms with Gasteiger partial charge in [-0.15, -0.1) is 0 Å². The summed E-state index contributed by atoms with van der Waals surface area (Å²) in [6, 6.07) is 9.41. The largest absolute Gasteiger partial charge is 0.331 e. The number of hydrogen-bond donors (Lipinski definition) is 1. The molecule has 2 aliphatic heterocycles. The quantitative estimate of drug-likeness (QED) is 0.699. The molecular weight excluding hydrogens is 434 g/mol. The topological polar surface area (TPSA) is 53.8 Å². The zero-order valence-electron chi connectivity index (χ0n) is 21.4. The van der Waals surface area contributed by atoms with Crippen molar-refractivity contribution in [2.45, 2.75) is 76.2 Å². The van der Waals surface area contributed by atoms with Crippen molar-refractivity contribution in [2.24, 2.45) is 0 Å². The average molecular weight is 475 g/mol. The SMILES string of the molecule is CCN1CCCC1C(C(=O)N1CC[NH+](c2ncnc3c2C(C)CC3)CC1)c1ccc(C2CC2)cc1. The summed E-state index contributed by atoms with van der Waals surface area (Å²) in [6.07, 6.45) is 8.93. The van der Waals surface area contributed by atoms with Crippen molar-refractivity contribution in [2.75, 3.05) is 39.3 Å². The van der Waals surface area contributed by atoms with E-state index in [4.69, 9.17) is 4.98 Å². The number of aromatic nitrogens is 2. The number of carbonyl (C=O) groups is 1. The molecule has 2 aromatic rings. The molecule has 3 atom stereocenters. The number of hydrogen-bond acceptors (Lipinski definition) is 4. The molecule has 1 N–H and O–H groups in total. The molecule has 1 aromatic carbocycles. The van der Waals surface area contributed by atoms with Gasteiger partial charge >= 0.3 is 0 Å². The highest BCUT2D eigenvalue weighted by Gasteiger charge is 2.40. The summed E-state index contributed by atoms with van der Waals surface area (Å²) in [6.45, 7) is 10.1. The number of benzene rings is 1. The van der Waals surface area contributed by atoms with E-state index in [1.165, 1.54) is 58.8 Å². The van der Waals surface area contributed by atoms with Crippen LogP contribution in [-0.4, -0.2) is 71.0 Å². The highest BCUT2D eigenvalue weighted by atomic mass is 16.2. The van der Waals surface area contributed by atoms with Crippen LogP contribution in [0.5, 0.6) is 0 Å². The first kappa shape index (κ1) is 23.1. The molecule has 0 bridgehead atoms. The highest BCUT2D eigenvalue weighted by molar-refractivity contribution is 5.85. The van der Waals surface area contributed by atoms with Crippen LogP contribution >= 0.6 is 0 Å². The highest BCUT2D eigenvalue weighted by Crippen LogP contribution is 2.41. The van der Waals surface area contributed by atoms with Gasteiger partial charge in [-0.1, -0.05) is 38.1 Å². The van der Waals surface area contributed by atoms with Gasteiger partial charge in [0.2, 0.25) is 11.7 Å². The minimum Gasteiger partial charge on any atom is -0.331 e. The predicted octanol–water partition coefficient (Wildman–Crippen LogP) is 3.03. The van der Waals surface area contributed by atoms with E-state index in [9.17, 15) is 4.79 Å². The molecule has 6 rings (SSSR count). The fourth-order valence-corrected chi connectivity index (χ4v) is 6.90. The molecule has 186 valence electrons. The molecule has 2 aliphatic carbocycles. The van der Waals surface area contributed by atoms with Gasteiger partial charge in [-0.2, -0.15) is 4.98 Å². The smallest absolute Gasteiger partial charge is 0.232 e. The van der Waals surface area contributed by atoms with Gasteiger partial charge in [0.25, 0.3) is 0 Å². The molecule has 1 aromatic heterocycles. The fourth-order valence-electron chi connectivity index (χ4n) is 6.90. The van der Waals surface area contributed by atoms with Crippen LogP contribution in [0.2, 0.25) is 0 Å². The number of aryl methyl sites for hydroxylation is 1. The summed E-state index contributed by atoms with van der Waals surface area (Å²) < 4.78 is 0. The second-order valence-corrected chi connectivity index (χ2v) is 11.2. The molecule has 3 unspecified atom stereocenters. The summed E-state index contributed by atoms with van der Waals surface area (Å²) in [7, 11) is 0. The van der Waals surface area contributed by atoms with Gasteiger partial charge in [0.05, 0.1) is 30.3 Å². The van der Waals surface area contributed by atoms with Gasteiger partial charge in [0.1, 0.15) is 19.4 Å². The maximum Gasteiger partial charge on any atom is 0.232 e. The first-order valence-electron chi connectivity index (χ1n) is 14.0. The number of nitrogens with zero attached hydrogens (tertiary/aromatic N) is 4. The molecule has 35 heavy (non-hydrogen) atoms. The third-order valence-corrected chi connectivity index (χ3v) is 9.10. The van der Waals surface area contributed by atoms with Crippen molar-refractivity contribution in [1.29, 1.82) is 0 Å². The van der Waals surface area contributed by atoms with E-state index in [2.05, 4.69) is 52.9 Å². The van der Waals surface area contributed by atoms with Crippen molar-refractivity contribution < 1.29 is 9.69 Å². The van der Waals surface area contributed by atoms with Crippen LogP contribution in [0, 0.1) is 0 Å². The lowest BCUT2D eigenvalue weighted by atomic mass is 9.87. The molecule has 0 spiro atoms. The summed E-state index contributed by atoms with van der Waals surface area (Å²) in [5.74, 6) is 2.75. The van der Waals surface area contributed by atoms with Crippen molar-refractivity contribution in [3.63, 3.8) is 0 Å². The Hall–Kier alpha value is -2.31. The van der Waals surface area contributed by atoms with Crippen LogP contribution < -0.4 is 4.90 Å². The zero-order valence-corrected chi connectivity index (χ0v) is 21.4. The Kier molecular flexibility index (Phi) is 6.35. The van der Waals surface area contributed by atoms with Crippen LogP contribution in [0.1, 0.15) is 86.1 Å². The molecule has 0 radical (unpaired) electrons. The number of fused-ring (bicyclic) bond motifs is 1. The molecule has 6 heteroatoms. The van der Waals surface area contributed by atoms with E-state index < -0.39 is 0 Å². The van der Waals surface area contributed by atoms with Gasteiger partial charge in [0, 0.05) is 6.04 Å². The summed E-state index contributed by atoms with van der Waals surface area (Å²) >= 11 is 0. The number of likely N-dealkylation sites (tertiary alicyclic amines) is 1. The number of piperazine rings is 1. The Balaban J connectivity index is 1.20. The molecular formula is C29H40N5O+. The van der Waals surface area contributed by atoms with Gasteiger partial charge in [-0.05, 0) is 74.6 Å². The Labute approximate surface area is 209 Å². The van der Waals surface area contributed by atoms with Crippen LogP contribution in [0.25, 0.3) is 0 Å². The molecule has 2 saturated heterocycles. The standard InChI is InChI=1S/C29H39N5O/c1-3-32-14-4-5-25(32)27(23-11-9-22(10-12-23)21-7-8-21)29(35)34-17-15-33(16-18-34)28-26-20(2)6-13-24(26)30-19-31-28/h9-12,19-21,25,27H,3-8,13-18H2,1-2H3/p+1. The third-order valence-electron chi connectivity index (χ3n) is 9.10. The van der Waals surface area contributed by atoms with Crippen LogP contribution in [-0.2, 0) is 11.2 Å². The van der Waals surface area contributed by atoms with Crippen LogP contribution in [0.15, 0.2) is 30.6 Å². The molecule has 1 amide bonds.